The molecular weight excluding hydrogens is 255 g/mol. The fourth-order valence-electron chi connectivity index (χ4n) is 1.84. The number of fused-ring (bicyclic) bond motifs is 1. The zero-order valence-corrected chi connectivity index (χ0v) is 9.57. The van der Waals surface area contributed by atoms with Crippen LogP contribution in [0.3, 0.4) is 0 Å². The fraction of sp³-hybridized carbons (Fsp3) is 0.0769. The number of nitrogens with one attached hydrogen (secondary N) is 1. The van der Waals surface area contributed by atoms with Crippen LogP contribution in [0.5, 0.6) is 0 Å². The maximum Gasteiger partial charge on any atom is 0.416 e. The summed E-state index contributed by atoms with van der Waals surface area (Å²) in [5, 5.41) is 0. The number of hydrogen-bond acceptors (Lipinski definition) is 2. The van der Waals surface area contributed by atoms with E-state index in [-0.39, 0.29) is 0 Å². The molecule has 0 aliphatic rings. The molecule has 2 heterocycles. The van der Waals surface area contributed by atoms with Crippen molar-refractivity contribution >= 4 is 11.0 Å². The normalized spacial score (nSPS) is 11.9. The van der Waals surface area contributed by atoms with Crippen LogP contribution >= 0.6 is 0 Å². The average molecular weight is 263 g/mol. The first-order chi connectivity index (χ1) is 9.04. The van der Waals surface area contributed by atoms with Crippen molar-refractivity contribution in [1.82, 2.24) is 15.0 Å². The van der Waals surface area contributed by atoms with Gasteiger partial charge in [-0.3, -0.25) is 4.98 Å². The number of aromatic nitrogens is 3. The van der Waals surface area contributed by atoms with Crippen LogP contribution in [-0.4, -0.2) is 15.0 Å². The Morgan fingerprint density at radius 3 is 2.68 bits per heavy atom. The van der Waals surface area contributed by atoms with Crippen LogP contribution in [0.25, 0.3) is 22.4 Å². The van der Waals surface area contributed by atoms with Crippen molar-refractivity contribution < 1.29 is 13.2 Å². The molecule has 0 aliphatic carbocycles. The number of imidazole rings is 1. The van der Waals surface area contributed by atoms with Gasteiger partial charge in [-0.15, -0.1) is 0 Å². The minimum Gasteiger partial charge on any atom is -0.337 e. The Kier molecular flexibility index (Phi) is 2.51. The summed E-state index contributed by atoms with van der Waals surface area (Å²) in [6, 6.07) is 6.76. The SMILES string of the molecule is FC(F)(F)c1cccc(-c2nc3ccncc3[nH]2)c1. The maximum atomic E-state index is 12.6. The van der Waals surface area contributed by atoms with Crippen LogP contribution in [0.4, 0.5) is 13.2 Å². The summed E-state index contributed by atoms with van der Waals surface area (Å²) >= 11 is 0. The van der Waals surface area contributed by atoms with Crippen LogP contribution < -0.4 is 0 Å². The van der Waals surface area contributed by atoms with Crippen molar-refractivity contribution in [2.45, 2.75) is 6.18 Å². The van der Waals surface area contributed by atoms with E-state index in [0.29, 0.717) is 22.4 Å². The molecule has 3 rings (SSSR count). The molecule has 0 aliphatic heterocycles. The number of nitrogens with zero attached hydrogens (tertiary/aromatic N) is 2. The van der Waals surface area contributed by atoms with Crippen LogP contribution in [0, 0.1) is 0 Å². The molecule has 0 spiro atoms. The lowest BCUT2D eigenvalue weighted by molar-refractivity contribution is -0.137. The summed E-state index contributed by atoms with van der Waals surface area (Å²) in [5.74, 6) is 0.397. The molecule has 0 bridgehead atoms. The molecular formula is C13H8F3N3. The first kappa shape index (κ1) is 11.7. The number of alkyl halides is 3. The number of hydrogen-bond donors (Lipinski definition) is 1. The van der Waals surface area contributed by atoms with Gasteiger partial charge in [-0.1, -0.05) is 12.1 Å². The molecule has 3 aromatic rings. The van der Waals surface area contributed by atoms with Gasteiger partial charge in [0.1, 0.15) is 5.82 Å². The molecule has 19 heavy (non-hydrogen) atoms. The Bertz CT molecular complexity index is 698. The number of aromatic amines is 1. The molecule has 0 unspecified atom stereocenters. The van der Waals surface area contributed by atoms with E-state index in [0.717, 1.165) is 12.1 Å². The van der Waals surface area contributed by atoms with Gasteiger partial charge in [0.15, 0.2) is 0 Å². The predicted octanol–water partition coefficient (Wildman–Crippen LogP) is 3.64. The van der Waals surface area contributed by atoms with Crippen LogP contribution in [0.2, 0.25) is 0 Å². The van der Waals surface area contributed by atoms with Crippen LogP contribution in [0.15, 0.2) is 42.7 Å². The third-order valence-electron chi connectivity index (χ3n) is 2.75. The van der Waals surface area contributed by atoms with E-state index in [2.05, 4.69) is 15.0 Å². The van der Waals surface area contributed by atoms with Crippen LogP contribution in [0.1, 0.15) is 5.56 Å². The molecule has 1 aromatic carbocycles. The molecule has 96 valence electrons. The summed E-state index contributed by atoms with van der Waals surface area (Å²) in [6.45, 7) is 0. The van der Waals surface area contributed by atoms with E-state index in [1.54, 1.807) is 24.5 Å². The van der Waals surface area contributed by atoms with Crippen LogP contribution in [-0.2, 0) is 6.18 Å². The number of halogens is 3. The predicted molar refractivity (Wildman–Crippen MR) is 64.3 cm³/mol. The second-order valence-electron chi connectivity index (χ2n) is 4.06. The van der Waals surface area contributed by atoms with Crippen molar-refractivity contribution in [3.63, 3.8) is 0 Å². The number of benzene rings is 1. The molecule has 0 amide bonds. The van der Waals surface area contributed by atoms with E-state index in [9.17, 15) is 13.2 Å². The highest BCUT2D eigenvalue weighted by atomic mass is 19.4. The Labute approximate surface area is 106 Å². The van der Waals surface area contributed by atoms with Gasteiger partial charge in [-0.05, 0) is 18.2 Å². The molecule has 0 saturated carbocycles. The highest BCUT2D eigenvalue weighted by Gasteiger charge is 2.30. The smallest absolute Gasteiger partial charge is 0.337 e. The summed E-state index contributed by atoms with van der Waals surface area (Å²) < 4.78 is 37.9. The largest absolute Gasteiger partial charge is 0.416 e. The average Bonchev–Trinajstić information content (AvgIpc) is 2.81. The Hall–Kier alpha value is -2.37. The van der Waals surface area contributed by atoms with Gasteiger partial charge in [-0.25, -0.2) is 4.98 Å². The van der Waals surface area contributed by atoms with E-state index >= 15 is 0 Å². The van der Waals surface area contributed by atoms with E-state index < -0.39 is 11.7 Å². The minimum absolute atomic E-state index is 0.394. The zero-order chi connectivity index (χ0) is 13.5. The van der Waals surface area contributed by atoms with Gasteiger partial charge in [0.25, 0.3) is 0 Å². The summed E-state index contributed by atoms with van der Waals surface area (Å²) in [7, 11) is 0. The van der Waals surface area contributed by atoms with Gasteiger partial charge < -0.3 is 4.98 Å². The Morgan fingerprint density at radius 2 is 1.95 bits per heavy atom. The first-order valence-corrected chi connectivity index (χ1v) is 5.51. The fourth-order valence-corrected chi connectivity index (χ4v) is 1.84. The molecule has 2 aromatic heterocycles. The lowest BCUT2D eigenvalue weighted by atomic mass is 10.1. The molecule has 6 heteroatoms. The second kappa shape index (κ2) is 4.08. The van der Waals surface area contributed by atoms with Gasteiger partial charge in [-0.2, -0.15) is 13.2 Å². The maximum absolute atomic E-state index is 12.6. The molecule has 0 atom stereocenters. The summed E-state index contributed by atoms with van der Waals surface area (Å²) in [4.78, 5) is 11.1. The number of rotatable bonds is 1. The third-order valence-corrected chi connectivity index (χ3v) is 2.75. The highest BCUT2D eigenvalue weighted by Crippen LogP contribution is 2.31. The second-order valence-corrected chi connectivity index (χ2v) is 4.06. The lowest BCUT2D eigenvalue weighted by Gasteiger charge is -2.07. The number of pyridine rings is 1. The minimum atomic E-state index is -4.36. The van der Waals surface area contributed by atoms with E-state index in [1.165, 1.54) is 6.07 Å². The van der Waals surface area contributed by atoms with Crippen molar-refractivity contribution in [2.75, 3.05) is 0 Å². The van der Waals surface area contributed by atoms with Crippen molar-refractivity contribution in [1.29, 1.82) is 0 Å². The van der Waals surface area contributed by atoms with E-state index in [4.69, 9.17) is 0 Å². The first-order valence-electron chi connectivity index (χ1n) is 5.51. The van der Waals surface area contributed by atoms with Crippen molar-refractivity contribution in [3.8, 4) is 11.4 Å². The van der Waals surface area contributed by atoms with Gasteiger partial charge >= 0.3 is 6.18 Å². The lowest BCUT2D eigenvalue weighted by Crippen LogP contribution is -2.04. The van der Waals surface area contributed by atoms with E-state index in [1.807, 2.05) is 0 Å². The van der Waals surface area contributed by atoms with Gasteiger partial charge in [0.2, 0.25) is 0 Å². The zero-order valence-electron chi connectivity index (χ0n) is 9.57. The summed E-state index contributed by atoms with van der Waals surface area (Å²) in [6.07, 6.45) is -1.19. The quantitative estimate of drug-likeness (QED) is 0.728. The van der Waals surface area contributed by atoms with Crippen molar-refractivity contribution in [3.05, 3.63) is 48.3 Å². The Morgan fingerprint density at radius 1 is 1.11 bits per heavy atom. The highest BCUT2D eigenvalue weighted by molar-refractivity contribution is 5.78. The molecule has 1 N–H and O–H groups in total. The third kappa shape index (κ3) is 2.16. The number of H-pyrrole nitrogens is 1. The molecule has 0 fully saturated rings. The van der Waals surface area contributed by atoms with Gasteiger partial charge in [0, 0.05) is 11.8 Å². The van der Waals surface area contributed by atoms with Crippen molar-refractivity contribution in [2.24, 2.45) is 0 Å². The van der Waals surface area contributed by atoms with Gasteiger partial charge in [0.05, 0.1) is 22.8 Å². The topological polar surface area (TPSA) is 41.6 Å². The molecule has 3 nitrogen and oxygen atoms in total. The molecule has 0 radical (unpaired) electrons. The summed E-state index contributed by atoms with van der Waals surface area (Å²) in [5.41, 5.74) is 1.06. The monoisotopic (exact) mass is 263 g/mol. The molecule has 0 saturated heterocycles. The Balaban J connectivity index is 2.11. The standard InChI is InChI=1S/C13H8F3N3/c14-13(15,16)9-3-1-2-8(6-9)12-18-10-4-5-17-7-11(10)19-12/h1-7H,(H,18,19).